The summed E-state index contributed by atoms with van der Waals surface area (Å²) in [5.74, 6) is -3.28. The summed E-state index contributed by atoms with van der Waals surface area (Å²) >= 11 is 0. The minimum Gasteiger partial charge on any atom is -0.459 e. The lowest BCUT2D eigenvalue weighted by molar-refractivity contribution is -0.118. The van der Waals surface area contributed by atoms with E-state index >= 15 is 0 Å². The summed E-state index contributed by atoms with van der Waals surface area (Å²) in [6.45, 7) is 3.50. The number of furan rings is 1. The smallest absolute Gasteiger partial charge is 0.287 e. The highest BCUT2D eigenvalue weighted by molar-refractivity contribution is 6.00. The first kappa shape index (κ1) is 16.7. The molecule has 2 amide bonds. The first-order chi connectivity index (χ1) is 10.9. The largest absolute Gasteiger partial charge is 0.459 e. The van der Waals surface area contributed by atoms with Crippen LogP contribution in [0.25, 0.3) is 0 Å². The summed E-state index contributed by atoms with van der Waals surface area (Å²) in [7, 11) is 0. The molecule has 0 saturated heterocycles. The van der Waals surface area contributed by atoms with E-state index in [2.05, 4.69) is 10.6 Å². The van der Waals surface area contributed by atoms with Crippen LogP contribution in [0, 0.1) is 17.6 Å². The van der Waals surface area contributed by atoms with E-state index in [-0.39, 0.29) is 17.4 Å². The van der Waals surface area contributed by atoms with E-state index < -0.39 is 29.5 Å². The standard InChI is InChI=1S/C16H16F2N2O3/c1-9(2)14(20-15(21)13-4-3-7-23-13)16(22)19-10-5-6-11(17)12(18)8-10/h3-9,14H,1-2H3,(H,19,22)(H,20,21)/t14-/m0/s1. The molecule has 0 bridgehead atoms. The van der Waals surface area contributed by atoms with Crippen LogP contribution in [0.1, 0.15) is 24.4 Å². The maximum Gasteiger partial charge on any atom is 0.287 e. The van der Waals surface area contributed by atoms with Crippen LogP contribution in [0.3, 0.4) is 0 Å². The second kappa shape index (κ2) is 7.04. The van der Waals surface area contributed by atoms with Gasteiger partial charge in [0, 0.05) is 11.8 Å². The molecule has 2 aromatic rings. The van der Waals surface area contributed by atoms with Gasteiger partial charge in [0.05, 0.1) is 6.26 Å². The van der Waals surface area contributed by atoms with Gasteiger partial charge in [-0.15, -0.1) is 0 Å². The Labute approximate surface area is 131 Å². The molecule has 1 aromatic carbocycles. The number of rotatable bonds is 5. The van der Waals surface area contributed by atoms with E-state index in [1.807, 2.05) is 0 Å². The van der Waals surface area contributed by atoms with Gasteiger partial charge in [-0.3, -0.25) is 9.59 Å². The van der Waals surface area contributed by atoms with E-state index in [9.17, 15) is 18.4 Å². The number of anilines is 1. The van der Waals surface area contributed by atoms with Crippen LogP contribution in [0.5, 0.6) is 0 Å². The number of hydrogen-bond donors (Lipinski definition) is 2. The minimum atomic E-state index is -1.07. The molecule has 1 atom stereocenters. The van der Waals surface area contributed by atoms with Crippen molar-refractivity contribution in [1.82, 2.24) is 5.32 Å². The Bertz CT molecular complexity index is 699. The molecule has 0 unspecified atom stereocenters. The highest BCUT2D eigenvalue weighted by atomic mass is 19.2. The third kappa shape index (κ3) is 4.15. The SMILES string of the molecule is CC(C)[C@H](NC(=O)c1ccco1)C(=O)Nc1ccc(F)c(F)c1. The first-order valence-electron chi connectivity index (χ1n) is 6.98. The molecular formula is C16H16F2N2O3. The Morgan fingerprint density at radius 3 is 2.43 bits per heavy atom. The van der Waals surface area contributed by atoms with Gasteiger partial charge in [0.25, 0.3) is 5.91 Å². The molecule has 0 aliphatic heterocycles. The van der Waals surface area contributed by atoms with Crippen LogP contribution in [-0.2, 0) is 4.79 Å². The normalized spacial score (nSPS) is 12.0. The second-order valence-electron chi connectivity index (χ2n) is 5.29. The molecule has 0 aliphatic rings. The van der Waals surface area contributed by atoms with Gasteiger partial charge in [-0.2, -0.15) is 0 Å². The molecule has 0 radical (unpaired) electrons. The minimum absolute atomic E-state index is 0.0799. The molecule has 0 saturated carbocycles. The number of nitrogens with one attached hydrogen (secondary N) is 2. The number of carbonyl (C=O) groups is 2. The van der Waals surface area contributed by atoms with E-state index in [4.69, 9.17) is 4.42 Å². The van der Waals surface area contributed by atoms with Crippen molar-refractivity contribution >= 4 is 17.5 Å². The molecule has 1 aromatic heterocycles. The maximum absolute atomic E-state index is 13.2. The molecule has 2 rings (SSSR count). The topological polar surface area (TPSA) is 71.3 Å². The zero-order valence-electron chi connectivity index (χ0n) is 12.6. The van der Waals surface area contributed by atoms with Crippen LogP contribution in [0.2, 0.25) is 0 Å². The Balaban J connectivity index is 2.09. The van der Waals surface area contributed by atoms with Crippen LogP contribution in [0.15, 0.2) is 41.0 Å². The number of benzene rings is 1. The van der Waals surface area contributed by atoms with Crippen LogP contribution >= 0.6 is 0 Å². The molecule has 1 heterocycles. The number of halogens is 2. The van der Waals surface area contributed by atoms with E-state index in [0.29, 0.717) is 0 Å². The molecule has 0 spiro atoms. The third-order valence-corrected chi connectivity index (χ3v) is 3.17. The van der Waals surface area contributed by atoms with Crippen molar-refractivity contribution < 1.29 is 22.8 Å². The average Bonchev–Trinajstić information content (AvgIpc) is 3.02. The fourth-order valence-electron chi connectivity index (χ4n) is 1.95. The lowest BCUT2D eigenvalue weighted by Gasteiger charge is -2.21. The fourth-order valence-corrected chi connectivity index (χ4v) is 1.95. The van der Waals surface area contributed by atoms with Gasteiger partial charge in [-0.25, -0.2) is 8.78 Å². The van der Waals surface area contributed by atoms with Crippen molar-refractivity contribution in [1.29, 1.82) is 0 Å². The Morgan fingerprint density at radius 1 is 1.13 bits per heavy atom. The van der Waals surface area contributed by atoms with Crippen molar-refractivity contribution in [2.45, 2.75) is 19.9 Å². The van der Waals surface area contributed by atoms with E-state index in [1.165, 1.54) is 18.4 Å². The summed E-state index contributed by atoms with van der Waals surface area (Å²) < 4.78 is 31.0. The van der Waals surface area contributed by atoms with Gasteiger partial charge in [0.2, 0.25) is 5.91 Å². The van der Waals surface area contributed by atoms with Crippen LogP contribution in [0.4, 0.5) is 14.5 Å². The van der Waals surface area contributed by atoms with Crippen molar-refractivity contribution in [3.05, 3.63) is 54.0 Å². The molecule has 0 aliphatic carbocycles. The van der Waals surface area contributed by atoms with Gasteiger partial charge in [-0.05, 0) is 30.2 Å². The predicted octanol–water partition coefficient (Wildman–Crippen LogP) is 2.95. The molecular weight excluding hydrogens is 306 g/mol. The highest BCUT2D eigenvalue weighted by Crippen LogP contribution is 2.15. The summed E-state index contributed by atoms with van der Waals surface area (Å²) in [4.78, 5) is 24.3. The highest BCUT2D eigenvalue weighted by Gasteiger charge is 2.25. The Kier molecular flexibility index (Phi) is 5.10. The van der Waals surface area contributed by atoms with Gasteiger partial charge in [0.15, 0.2) is 17.4 Å². The second-order valence-corrected chi connectivity index (χ2v) is 5.29. The van der Waals surface area contributed by atoms with Crippen molar-refractivity contribution in [3.63, 3.8) is 0 Å². The van der Waals surface area contributed by atoms with E-state index in [1.54, 1.807) is 19.9 Å². The molecule has 7 heteroatoms. The number of hydrogen-bond acceptors (Lipinski definition) is 3. The van der Waals surface area contributed by atoms with Gasteiger partial charge in [-0.1, -0.05) is 13.8 Å². The average molecular weight is 322 g/mol. The van der Waals surface area contributed by atoms with Gasteiger partial charge in [0.1, 0.15) is 6.04 Å². The molecule has 122 valence electrons. The van der Waals surface area contributed by atoms with Crippen molar-refractivity contribution in [3.8, 4) is 0 Å². The maximum atomic E-state index is 13.2. The van der Waals surface area contributed by atoms with Crippen molar-refractivity contribution in [2.75, 3.05) is 5.32 Å². The number of amides is 2. The molecule has 5 nitrogen and oxygen atoms in total. The zero-order valence-corrected chi connectivity index (χ0v) is 12.6. The quantitative estimate of drug-likeness (QED) is 0.889. The monoisotopic (exact) mass is 322 g/mol. The zero-order chi connectivity index (χ0) is 17.0. The van der Waals surface area contributed by atoms with Crippen LogP contribution < -0.4 is 10.6 Å². The Morgan fingerprint density at radius 2 is 1.87 bits per heavy atom. The molecule has 2 N–H and O–H groups in total. The first-order valence-corrected chi connectivity index (χ1v) is 6.98. The Hall–Kier alpha value is -2.70. The van der Waals surface area contributed by atoms with E-state index in [0.717, 1.165) is 12.1 Å². The summed E-state index contributed by atoms with van der Waals surface area (Å²) in [6.07, 6.45) is 1.35. The summed E-state index contributed by atoms with van der Waals surface area (Å²) in [5.41, 5.74) is 0.104. The predicted molar refractivity (Wildman–Crippen MR) is 79.8 cm³/mol. The lowest BCUT2D eigenvalue weighted by atomic mass is 10.0. The van der Waals surface area contributed by atoms with Gasteiger partial charge < -0.3 is 15.1 Å². The third-order valence-electron chi connectivity index (χ3n) is 3.17. The van der Waals surface area contributed by atoms with Gasteiger partial charge >= 0.3 is 0 Å². The molecule has 23 heavy (non-hydrogen) atoms. The fraction of sp³-hybridized carbons (Fsp3) is 0.250. The summed E-state index contributed by atoms with van der Waals surface area (Å²) in [5, 5.41) is 5.00. The summed E-state index contributed by atoms with van der Waals surface area (Å²) in [6, 6.07) is 5.19. The molecule has 0 fully saturated rings. The van der Waals surface area contributed by atoms with Crippen molar-refractivity contribution in [2.24, 2.45) is 5.92 Å². The van der Waals surface area contributed by atoms with Crippen LogP contribution in [-0.4, -0.2) is 17.9 Å². The lowest BCUT2D eigenvalue weighted by Crippen LogP contribution is -2.47. The number of carbonyl (C=O) groups excluding carboxylic acids is 2.